The average Bonchev–Trinajstić information content (AvgIpc) is 2.88. The molecule has 34 heavy (non-hydrogen) atoms. The number of nitrogens with one attached hydrogen (secondary N) is 1. The number of likely N-dealkylation sites (tertiary alicyclic amines) is 1. The van der Waals surface area contributed by atoms with Crippen molar-refractivity contribution in [3.63, 3.8) is 0 Å². The van der Waals surface area contributed by atoms with Crippen molar-refractivity contribution >= 4 is 17.5 Å². The zero-order valence-corrected chi connectivity index (χ0v) is 19.5. The van der Waals surface area contributed by atoms with Crippen molar-refractivity contribution in [1.29, 1.82) is 0 Å². The summed E-state index contributed by atoms with van der Waals surface area (Å²) in [5, 5.41) is 3.47. The summed E-state index contributed by atoms with van der Waals surface area (Å²) in [5.41, 5.74) is 8.62. The van der Waals surface area contributed by atoms with E-state index in [-0.39, 0.29) is 5.91 Å². The van der Waals surface area contributed by atoms with E-state index in [4.69, 9.17) is 10.5 Å². The smallest absolute Gasteiger partial charge is 0.249 e. The topological polar surface area (TPSA) is 93.4 Å². The van der Waals surface area contributed by atoms with Crippen LogP contribution in [0.25, 0.3) is 11.1 Å². The molecular formula is C27H31N5O2. The molecule has 0 unspecified atom stereocenters. The summed E-state index contributed by atoms with van der Waals surface area (Å²) in [4.78, 5) is 22.9. The maximum atomic E-state index is 12.4. The Hall–Kier alpha value is -3.87. The fourth-order valence-electron chi connectivity index (χ4n) is 4.09. The first-order valence-corrected chi connectivity index (χ1v) is 11.7. The number of nitrogens with zero attached hydrogens (tertiary/aromatic N) is 3. The molecule has 1 aromatic heterocycles. The van der Waals surface area contributed by atoms with Crippen LogP contribution in [0, 0.1) is 5.92 Å². The maximum absolute atomic E-state index is 12.4. The highest BCUT2D eigenvalue weighted by Crippen LogP contribution is 2.33. The molecule has 3 aromatic rings. The minimum atomic E-state index is 0.0828. The number of anilines is 2. The quantitative estimate of drug-likeness (QED) is 0.455. The highest BCUT2D eigenvalue weighted by Gasteiger charge is 2.24. The number of hydrogen-bond donors (Lipinski definition) is 2. The first-order valence-electron chi connectivity index (χ1n) is 11.7. The molecule has 0 atom stereocenters. The molecule has 7 nitrogen and oxygen atoms in total. The van der Waals surface area contributed by atoms with Crippen LogP contribution in [0.15, 0.2) is 73.1 Å². The van der Waals surface area contributed by atoms with Crippen molar-refractivity contribution in [2.45, 2.75) is 26.2 Å². The summed E-state index contributed by atoms with van der Waals surface area (Å²) in [6.45, 7) is 8.11. The second-order valence-corrected chi connectivity index (χ2v) is 8.50. The van der Waals surface area contributed by atoms with Gasteiger partial charge >= 0.3 is 0 Å². The second kappa shape index (κ2) is 10.8. The van der Waals surface area contributed by atoms with E-state index in [2.05, 4.69) is 21.9 Å². The minimum absolute atomic E-state index is 0.0828. The summed E-state index contributed by atoms with van der Waals surface area (Å²) in [6.07, 6.45) is 4.05. The molecule has 0 radical (unpaired) electrons. The largest absolute Gasteiger partial charge is 0.457 e. The number of nitrogens with two attached hydrogens (primary N) is 1. The van der Waals surface area contributed by atoms with Gasteiger partial charge in [0.15, 0.2) is 0 Å². The van der Waals surface area contributed by atoms with Gasteiger partial charge in [-0.3, -0.25) is 4.79 Å². The van der Waals surface area contributed by atoms with Crippen molar-refractivity contribution in [3.05, 3.63) is 73.1 Å². The number of carbonyl (C=O) groups excluding carboxylic acids is 1. The Morgan fingerprint density at radius 3 is 2.44 bits per heavy atom. The Labute approximate surface area is 200 Å². The number of para-hydroxylation sites is 1. The van der Waals surface area contributed by atoms with Crippen LogP contribution in [0.1, 0.15) is 26.2 Å². The monoisotopic (exact) mass is 457 g/mol. The lowest BCUT2D eigenvalue weighted by molar-refractivity contribution is -0.128. The van der Waals surface area contributed by atoms with Crippen LogP contribution in [0.2, 0.25) is 0 Å². The molecule has 3 N–H and O–H groups in total. The number of aromatic nitrogens is 2. The van der Waals surface area contributed by atoms with E-state index in [9.17, 15) is 4.79 Å². The Balaban J connectivity index is 1.40. The van der Waals surface area contributed by atoms with Crippen LogP contribution >= 0.6 is 0 Å². The van der Waals surface area contributed by atoms with E-state index >= 15 is 0 Å². The Morgan fingerprint density at radius 2 is 1.76 bits per heavy atom. The summed E-state index contributed by atoms with van der Waals surface area (Å²) < 4.78 is 5.89. The highest BCUT2D eigenvalue weighted by atomic mass is 16.5. The maximum Gasteiger partial charge on any atom is 0.249 e. The van der Waals surface area contributed by atoms with Crippen molar-refractivity contribution in [2.24, 2.45) is 5.92 Å². The van der Waals surface area contributed by atoms with Crippen LogP contribution in [0.4, 0.5) is 11.6 Å². The van der Waals surface area contributed by atoms with Gasteiger partial charge in [0.05, 0.1) is 5.56 Å². The molecule has 0 aliphatic carbocycles. The van der Waals surface area contributed by atoms with Gasteiger partial charge in [-0.05, 0) is 55.0 Å². The van der Waals surface area contributed by atoms with E-state index < -0.39 is 0 Å². The zero-order chi connectivity index (χ0) is 23.9. The molecule has 2 aromatic carbocycles. The molecule has 7 heteroatoms. The molecule has 1 saturated heterocycles. The van der Waals surface area contributed by atoms with Gasteiger partial charge in [-0.2, -0.15) is 0 Å². The predicted molar refractivity (Wildman–Crippen MR) is 136 cm³/mol. The molecular weight excluding hydrogens is 426 g/mol. The van der Waals surface area contributed by atoms with Gasteiger partial charge < -0.3 is 20.7 Å². The lowest BCUT2D eigenvalue weighted by atomic mass is 9.96. The van der Waals surface area contributed by atoms with Gasteiger partial charge in [0.2, 0.25) is 5.91 Å². The lowest BCUT2D eigenvalue weighted by Crippen LogP contribution is -2.40. The van der Waals surface area contributed by atoms with E-state index in [0.29, 0.717) is 29.5 Å². The number of hydrogen-bond acceptors (Lipinski definition) is 6. The third-order valence-electron chi connectivity index (χ3n) is 6.19. The number of carbonyl (C=O) groups is 1. The third kappa shape index (κ3) is 5.54. The van der Waals surface area contributed by atoms with Crippen LogP contribution in [0.3, 0.4) is 0 Å². The van der Waals surface area contributed by atoms with Gasteiger partial charge in [0.1, 0.15) is 29.5 Å². The standard InChI is InChI=1S/C27H31N5O2/c1-3-19(2)27(33)32-15-13-20(14-16-32)17-29-26-24(25(28)30-18-31-26)21-9-11-23(12-10-21)34-22-7-5-4-6-8-22/h4-12,18,20H,2-3,13-17H2,1H3,(H3,28,29,30,31). The van der Waals surface area contributed by atoms with Gasteiger partial charge in [-0.15, -0.1) is 0 Å². The van der Waals surface area contributed by atoms with Crippen molar-refractivity contribution in [3.8, 4) is 22.6 Å². The molecule has 1 fully saturated rings. The summed E-state index contributed by atoms with van der Waals surface area (Å²) >= 11 is 0. The minimum Gasteiger partial charge on any atom is -0.457 e. The molecule has 1 aliphatic heterocycles. The van der Waals surface area contributed by atoms with Crippen LogP contribution in [-0.2, 0) is 4.79 Å². The fourth-order valence-corrected chi connectivity index (χ4v) is 4.09. The number of ether oxygens (including phenoxy) is 1. The SMILES string of the molecule is C=C(CC)C(=O)N1CCC(CNc2ncnc(N)c2-c2ccc(Oc3ccccc3)cc2)CC1. The molecule has 2 heterocycles. The Kier molecular flexibility index (Phi) is 7.42. The highest BCUT2D eigenvalue weighted by molar-refractivity contribution is 5.92. The van der Waals surface area contributed by atoms with Crippen LogP contribution in [-0.4, -0.2) is 40.4 Å². The van der Waals surface area contributed by atoms with Crippen LogP contribution in [0.5, 0.6) is 11.5 Å². The Bertz CT molecular complexity index is 1120. The van der Waals surface area contributed by atoms with Gasteiger partial charge in [0.25, 0.3) is 0 Å². The van der Waals surface area contributed by atoms with Crippen molar-refractivity contribution in [2.75, 3.05) is 30.7 Å². The van der Waals surface area contributed by atoms with Crippen molar-refractivity contribution in [1.82, 2.24) is 14.9 Å². The molecule has 4 rings (SSSR count). The van der Waals surface area contributed by atoms with Gasteiger partial charge in [-0.25, -0.2) is 9.97 Å². The second-order valence-electron chi connectivity index (χ2n) is 8.50. The van der Waals surface area contributed by atoms with E-state index in [1.807, 2.05) is 66.4 Å². The van der Waals surface area contributed by atoms with Gasteiger partial charge in [-0.1, -0.05) is 43.8 Å². The molecule has 176 valence electrons. The predicted octanol–water partition coefficient (Wildman–Crippen LogP) is 5.13. The van der Waals surface area contributed by atoms with Crippen LogP contribution < -0.4 is 15.8 Å². The summed E-state index contributed by atoms with van der Waals surface area (Å²) in [7, 11) is 0. The van der Waals surface area contributed by atoms with E-state index in [1.54, 1.807) is 0 Å². The third-order valence-corrected chi connectivity index (χ3v) is 6.19. The Morgan fingerprint density at radius 1 is 1.09 bits per heavy atom. The average molecular weight is 458 g/mol. The van der Waals surface area contributed by atoms with E-state index in [1.165, 1.54) is 6.33 Å². The van der Waals surface area contributed by atoms with Gasteiger partial charge in [0, 0.05) is 25.2 Å². The molecule has 1 aliphatic rings. The first-order chi connectivity index (χ1) is 16.5. The fraction of sp³-hybridized carbons (Fsp3) is 0.296. The number of piperidine rings is 1. The lowest BCUT2D eigenvalue weighted by Gasteiger charge is -2.32. The summed E-state index contributed by atoms with van der Waals surface area (Å²) in [5.74, 6) is 3.19. The van der Waals surface area contributed by atoms with E-state index in [0.717, 1.165) is 55.1 Å². The normalized spacial score (nSPS) is 14.0. The number of benzene rings is 2. The first kappa shape index (κ1) is 23.3. The van der Waals surface area contributed by atoms with Crippen molar-refractivity contribution < 1.29 is 9.53 Å². The molecule has 0 bridgehead atoms. The zero-order valence-electron chi connectivity index (χ0n) is 19.5. The number of nitrogen functional groups attached to an aromatic ring is 1. The molecule has 1 amide bonds. The summed E-state index contributed by atoms with van der Waals surface area (Å²) in [6, 6.07) is 17.4. The molecule has 0 spiro atoms. The number of rotatable bonds is 8. The molecule has 0 saturated carbocycles. The number of amides is 1.